The lowest BCUT2D eigenvalue weighted by Crippen LogP contribution is -2.43. The van der Waals surface area contributed by atoms with Crippen LogP contribution in [0.25, 0.3) is 0 Å². The number of carbonyl (C=O) groups excluding carboxylic acids is 1. The van der Waals surface area contributed by atoms with Crippen molar-refractivity contribution in [3.8, 4) is 0 Å². The Morgan fingerprint density at radius 3 is 2.70 bits per heavy atom. The molecule has 1 amide bonds. The first kappa shape index (κ1) is 17.2. The van der Waals surface area contributed by atoms with Gasteiger partial charge in [0.1, 0.15) is 5.56 Å². The van der Waals surface area contributed by atoms with Crippen molar-refractivity contribution in [3.63, 3.8) is 0 Å². The van der Waals surface area contributed by atoms with E-state index in [1.54, 1.807) is 18.7 Å². The highest BCUT2D eigenvalue weighted by molar-refractivity contribution is 5.95. The Morgan fingerprint density at radius 2 is 2.04 bits per heavy atom. The monoisotopic (exact) mass is 321 g/mol. The van der Waals surface area contributed by atoms with Gasteiger partial charge in [-0.05, 0) is 44.6 Å². The van der Waals surface area contributed by atoms with Crippen molar-refractivity contribution in [1.29, 1.82) is 0 Å². The number of carboxylic acids is 1. The summed E-state index contributed by atoms with van der Waals surface area (Å²) in [7, 11) is 1.54. The molecule has 1 aliphatic rings. The van der Waals surface area contributed by atoms with Crippen molar-refractivity contribution in [2.45, 2.75) is 39.5 Å². The molecule has 2 rings (SSSR count). The number of aromatic nitrogens is 2. The van der Waals surface area contributed by atoms with E-state index in [1.807, 2.05) is 0 Å². The first-order valence-corrected chi connectivity index (χ1v) is 7.86. The predicted molar refractivity (Wildman–Crippen MR) is 84.4 cm³/mol. The van der Waals surface area contributed by atoms with Gasteiger partial charge in [0.05, 0.1) is 5.69 Å². The minimum Gasteiger partial charge on any atom is -0.481 e. The van der Waals surface area contributed by atoms with Crippen LogP contribution in [0.15, 0.2) is 4.79 Å². The summed E-state index contributed by atoms with van der Waals surface area (Å²) < 4.78 is 1.20. The molecule has 1 aliphatic heterocycles. The summed E-state index contributed by atoms with van der Waals surface area (Å²) in [4.78, 5) is 37.5. The maximum absolute atomic E-state index is 12.8. The molecule has 0 spiro atoms. The fourth-order valence-electron chi connectivity index (χ4n) is 3.07. The molecule has 1 fully saturated rings. The quantitative estimate of drug-likeness (QED) is 0.897. The van der Waals surface area contributed by atoms with Crippen LogP contribution >= 0.6 is 0 Å². The van der Waals surface area contributed by atoms with Crippen molar-refractivity contribution in [2.24, 2.45) is 13.0 Å². The molecule has 0 aliphatic carbocycles. The van der Waals surface area contributed by atoms with Gasteiger partial charge in [0, 0.05) is 26.6 Å². The third kappa shape index (κ3) is 3.78. The highest BCUT2D eigenvalue weighted by atomic mass is 16.4. The van der Waals surface area contributed by atoms with E-state index in [2.05, 4.69) is 5.10 Å². The SMILES string of the molecule is Cc1nn(C)c(=O)c(C(=O)N2CCCC(CCC(=O)O)C2)c1C. The fraction of sp³-hybridized carbons (Fsp3) is 0.625. The lowest BCUT2D eigenvalue weighted by Gasteiger charge is -2.33. The maximum atomic E-state index is 12.8. The maximum Gasteiger partial charge on any atom is 0.303 e. The van der Waals surface area contributed by atoms with Crippen LogP contribution in [0.1, 0.15) is 47.3 Å². The summed E-state index contributed by atoms with van der Waals surface area (Å²) in [5.41, 5.74) is 1.07. The minimum atomic E-state index is -0.817. The number of piperidine rings is 1. The van der Waals surface area contributed by atoms with E-state index in [-0.39, 0.29) is 29.4 Å². The Bertz CT molecular complexity index is 681. The molecule has 1 N–H and O–H groups in total. The van der Waals surface area contributed by atoms with Crippen molar-refractivity contribution in [3.05, 3.63) is 27.2 Å². The van der Waals surface area contributed by atoms with E-state index in [0.29, 0.717) is 30.8 Å². The van der Waals surface area contributed by atoms with E-state index < -0.39 is 5.97 Å². The van der Waals surface area contributed by atoms with Gasteiger partial charge < -0.3 is 10.0 Å². The summed E-state index contributed by atoms with van der Waals surface area (Å²) in [6, 6.07) is 0. The van der Waals surface area contributed by atoms with Crippen molar-refractivity contribution >= 4 is 11.9 Å². The van der Waals surface area contributed by atoms with Gasteiger partial charge >= 0.3 is 5.97 Å². The number of aliphatic carboxylic acids is 1. The topological polar surface area (TPSA) is 92.5 Å². The molecule has 0 aromatic carbocycles. The van der Waals surface area contributed by atoms with Crippen LogP contribution in [0.2, 0.25) is 0 Å². The first-order valence-electron chi connectivity index (χ1n) is 7.86. The molecule has 1 atom stereocenters. The Morgan fingerprint density at radius 1 is 1.35 bits per heavy atom. The van der Waals surface area contributed by atoms with Crippen LogP contribution in [-0.4, -0.2) is 44.8 Å². The van der Waals surface area contributed by atoms with Gasteiger partial charge in [-0.15, -0.1) is 0 Å². The van der Waals surface area contributed by atoms with Gasteiger partial charge in [-0.25, -0.2) is 4.68 Å². The number of aryl methyl sites for hydroxylation is 2. The van der Waals surface area contributed by atoms with Crippen LogP contribution in [0.4, 0.5) is 0 Å². The highest BCUT2D eigenvalue weighted by Gasteiger charge is 2.28. The van der Waals surface area contributed by atoms with Gasteiger partial charge in [-0.3, -0.25) is 14.4 Å². The first-order chi connectivity index (χ1) is 10.8. The number of carbonyl (C=O) groups is 2. The van der Waals surface area contributed by atoms with Crippen LogP contribution in [-0.2, 0) is 11.8 Å². The van der Waals surface area contributed by atoms with Gasteiger partial charge in [-0.1, -0.05) is 0 Å². The van der Waals surface area contributed by atoms with Crippen LogP contribution in [0, 0.1) is 19.8 Å². The zero-order valence-electron chi connectivity index (χ0n) is 13.8. The lowest BCUT2D eigenvalue weighted by molar-refractivity contribution is -0.137. The van der Waals surface area contributed by atoms with E-state index in [0.717, 1.165) is 12.8 Å². The number of amides is 1. The van der Waals surface area contributed by atoms with Gasteiger partial charge in [-0.2, -0.15) is 5.10 Å². The Balaban J connectivity index is 2.20. The van der Waals surface area contributed by atoms with Crippen molar-refractivity contribution in [2.75, 3.05) is 13.1 Å². The summed E-state index contributed by atoms with van der Waals surface area (Å²) in [6.07, 6.45) is 2.43. The molecule has 0 radical (unpaired) electrons. The van der Waals surface area contributed by atoms with E-state index >= 15 is 0 Å². The van der Waals surface area contributed by atoms with Crippen molar-refractivity contribution in [1.82, 2.24) is 14.7 Å². The Hall–Kier alpha value is -2.18. The third-order valence-corrected chi connectivity index (χ3v) is 4.51. The number of likely N-dealkylation sites (tertiary alicyclic amines) is 1. The number of hydrogen-bond donors (Lipinski definition) is 1. The molecule has 0 saturated carbocycles. The molecule has 7 heteroatoms. The fourth-order valence-corrected chi connectivity index (χ4v) is 3.07. The molecule has 2 heterocycles. The zero-order valence-corrected chi connectivity index (χ0v) is 13.8. The molecule has 1 saturated heterocycles. The number of hydrogen-bond acceptors (Lipinski definition) is 4. The largest absolute Gasteiger partial charge is 0.481 e. The third-order valence-electron chi connectivity index (χ3n) is 4.51. The Labute approximate surface area is 134 Å². The van der Waals surface area contributed by atoms with Crippen LogP contribution in [0.3, 0.4) is 0 Å². The molecule has 0 bridgehead atoms. The molecule has 1 aromatic heterocycles. The smallest absolute Gasteiger partial charge is 0.303 e. The van der Waals surface area contributed by atoms with Crippen LogP contribution < -0.4 is 5.56 Å². The second-order valence-electron chi connectivity index (χ2n) is 6.21. The van der Waals surface area contributed by atoms with Gasteiger partial charge in [0.15, 0.2) is 0 Å². The molecule has 126 valence electrons. The molecular weight excluding hydrogens is 298 g/mol. The Kier molecular flexibility index (Phi) is 5.18. The van der Waals surface area contributed by atoms with Crippen molar-refractivity contribution < 1.29 is 14.7 Å². The normalized spacial score (nSPS) is 18.0. The molecule has 7 nitrogen and oxygen atoms in total. The van der Waals surface area contributed by atoms with Gasteiger partial charge in [0.25, 0.3) is 11.5 Å². The summed E-state index contributed by atoms with van der Waals surface area (Å²) in [6.45, 7) is 4.63. The number of nitrogens with zero attached hydrogens (tertiary/aromatic N) is 3. The van der Waals surface area contributed by atoms with E-state index in [1.165, 1.54) is 11.7 Å². The molecule has 1 unspecified atom stereocenters. The molecular formula is C16H23N3O4. The number of rotatable bonds is 4. The van der Waals surface area contributed by atoms with Gasteiger partial charge in [0.2, 0.25) is 0 Å². The summed E-state index contributed by atoms with van der Waals surface area (Å²) in [5, 5.41) is 12.9. The highest BCUT2D eigenvalue weighted by Crippen LogP contribution is 2.22. The average Bonchev–Trinajstić information content (AvgIpc) is 2.51. The predicted octanol–water partition coefficient (Wildman–Crippen LogP) is 1.11. The van der Waals surface area contributed by atoms with Crippen LogP contribution in [0.5, 0.6) is 0 Å². The zero-order chi connectivity index (χ0) is 17.1. The average molecular weight is 321 g/mol. The second-order valence-corrected chi connectivity index (χ2v) is 6.21. The molecule has 1 aromatic rings. The second kappa shape index (κ2) is 6.93. The van der Waals surface area contributed by atoms with E-state index in [4.69, 9.17) is 5.11 Å². The number of carboxylic acid groups (broad SMARTS) is 1. The summed E-state index contributed by atoms with van der Waals surface area (Å²) >= 11 is 0. The lowest BCUT2D eigenvalue weighted by atomic mass is 9.93. The minimum absolute atomic E-state index is 0.113. The molecule has 23 heavy (non-hydrogen) atoms. The summed E-state index contributed by atoms with van der Waals surface area (Å²) in [5.74, 6) is -0.910. The van der Waals surface area contributed by atoms with E-state index in [9.17, 15) is 14.4 Å². The standard InChI is InChI=1S/C16H23N3O4/c1-10-11(2)17-18(3)15(22)14(10)16(23)19-8-4-5-12(9-19)6-7-13(20)21/h12H,4-9H2,1-3H3,(H,20,21).